The van der Waals surface area contributed by atoms with E-state index < -0.39 is 18.2 Å². The molecule has 0 aromatic carbocycles. The standard InChI is InChI=1S/C51H91NO5/c1-4-7-10-13-16-19-22-24-26-29-31-34-37-40-43-49(54)48(46-53)52-50(55)45-47(42-39-36-33-30-28-25-23-20-17-14-11-8-5-2)57-51(56)44-41-38-35-32-27-21-18-15-12-9-6-3/h8,11,14,17,20,23,25,28,30,33,47-49,53-54H,4-7,9-10,12-13,15-16,18-19,21-22,24,26-27,29,31-32,34-46H2,1-3H3,(H,52,55)/b11-8+,17-14+,23-20-,28-25-,33-30+. The first-order valence-electron chi connectivity index (χ1n) is 24.1. The number of carbonyl (C=O) groups is 2. The van der Waals surface area contributed by atoms with Crippen molar-refractivity contribution < 1.29 is 24.5 Å². The lowest BCUT2D eigenvalue weighted by Gasteiger charge is -2.24. The number of aliphatic hydroxyl groups excluding tert-OH is 2. The topological polar surface area (TPSA) is 95.9 Å². The molecule has 3 N–H and O–H groups in total. The van der Waals surface area contributed by atoms with Crippen LogP contribution in [0.3, 0.4) is 0 Å². The molecule has 0 heterocycles. The van der Waals surface area contributed by atoms with E-state index in [-0.39, 0.29) is 24.9 Å². The average molecular weight is 798 g/mol. The quantitative estimate of drug-likeness (QED) is 0.0325. The molecule has 3 atom stereocenters. The van der Waals surface area contributed by atoms with E-state index in [1.54, 1.807) is 0 Å². The Kier molecular flexibility index (Phi) is 42.7. The molecule has 0 aliphatic rings. The fraction of sp³-hybridized carbons (Fsp3) is 0.765. The summed E-state index contributed by atoms with van der Waals surface area (Å²) in [6, 6.07) is -0.723. The molecule has 0 spiro atoms. The minimum Gasteiger partial charge on any atom is -0.462 e. The number of rotatable bonds is 42. The van der Waals surface area contributed by atoms with Gasteiger partial charge in [-0.25, -0.2) is 0 Å². The number of nitrogens with one attached hydrogen (secondary N) is 1. The molecule has 0 saturated carbocycles. The minimum absolute atomic E-state index is 0.0292. The van der Waals surface area contributed by atoms with E-state index in [0.29, 0.717) is 19.3 Å². The number of ether oxygens (including phenoxy) is 1. The first-order chi connectivity index (χ1) is 28.0. The molecule has 3 unspecified atom stereocenters. The Bertz CT molecular complexity index is 1030. The van der Waals surface area contributed by atoms with Gasteiger partial charge in [0, 0.05) is 6.42 Å². The molecule has 330 valence electrons. The largest absolute Gasteiger partial charge is 0.462 e. The second-order valence-corrected chi connectivity index (χ2v) is 16.3. The Labute approximate surface area is 352 Å². The number of unbranched alkanes of at least 4 members (excludes halogenated alkanes) is 24. The Balaban J connectivity index is 4.67. The monoisotopic (exact) mass is 798 g/mol. The second-order valence-electron chi connectivity index (χ2n) is 16.3. The molecule has 57 heavy (non-hydrogen) atoms. The van der Waals surface area contributed by atoms with Crippen molar-refractivity contribution in [3.8, 4) is 0 Å². The third kappa shape index (κ3) is 40.1. The summed E-state index contributed by atoms with van der Waals surface area (Å²) in [4.78, 5) is 26.0. The molecule has 6 heteroatoms. The average Bonchev–Trinajstić information content (AvgIpc) is 3.20. The fourth-order valence-electron chi connectivity index (χ4n) is 7.10. The summed E-state index contributed by atoms with van der Waals surface area (Å²) in [5, 5.41) is 23.7. The van der Waals surface area contributed by atoms with Crippen LogP contribution in [0, 0.1) is 0 Å². The van der Waals surface area contributed by atoms with E-state index in [9.17, 15) is 19.8 Å². The van der Waals surface area contributed by atoms with Gasteiger partial charge in [0.25, 0.3) is 0 Å². The van der Waals surface area contributed by atoms with Crippen LogP contribution in [0.25, 0.3) is 0 Å². The van der Waals surface area contributed by atoms with Gasteiger partial charge in [0.1, 0.15) is 6.10 Å². The zero-order chi connectivity index (χ0) is 41.7. The number of hydrogen-bond donors (Lipinski definition) is 3. The molecule has 0 aromatic heterocycles. The zero-order valence-corrected chi connectivity index (χ0v) is 37.5. The number of esters is 1. The Morgan fingerprint density at radius 1 is 0.526 bits per heavy atom. The van der Waals surface area contributed by atoms with Crippen molar-refractivity contribution in [1.29, 1.82) is 0 Å². The lowest BCUT2D eigenvalue weighted by atomic mass is 10.0. The van der Waals surface area contributed by atoms with Gasteiger partial charge in [0.15, 0.2) is 0 Å². The van der Waals surface area contributed by atoms with Crippen LogP contribution in [0.5, 0.6) is 0 Å². The van der Waals surface area contributed by atoms with Crippen molar-refractivity contribution in [2.75, 3.05) is 6.61 Å². The zero-order valence-electron chi connectivity index (χ0n) is 37.5. The molecule has 0 saturated heterocycles. The van der Waals surface area contributed by atoms with Gasteiger partial charge in [-0.15, -0.1) is 0 Å². The van der Waals surface area contributed by atoms with Crippen LogP contribution >= 0.6 is 0 Å². The van der Waals surface area contributed by atoms with E-state index in [2.05, 4.69) is 38.2 Å². The maximum atomic E-state index is 13.1. The summed E-state index contributed by atoms with van der Waals surface area (Å²) in [7, 11) is 0. The molecule has 1 amide bonds. The summed E-state index contributed by atoms with van der Waals surface area (Å²) >= 11 is 0. The van der Waals surface area contributed by atoms with Gasteiger partial charge in [-0.1, -0.05) is 236 Å². The first kappa shape index (κ1) is 54.6. The minimum atomic E-state index is -0.805. The van der Waals surface area contributed by atoms with Crippen molar-refractivity contribution in [3.63, 3.8) is 0 Å². The number of aliphatic hydroxyl groups is 2. The van der Waals surface area contributed by atoms with Crippen molar-refractivity contribution in [1.82, 2.24) is 5.32 Å². The lowest BCUT2D eigenvalue weighted by molar-refractivity contribution is -0.151. The number of amides is 1. The Morgan fingerprint density at radius 3 is 1.40 bits per heavy atom. The summed E-state index contributed by atoms with van der Waals surface area (Å²) in [5.74, 6) is -0.546. The summed E-state index contributed by atoms with van der Waals surface area (Å²) < 4.78 is 5.87. The van der Waals surface area contributed by atoms with E-state index in [0.717, 1.165) is 57.8 Å². The molecular weight excluding hydrogens is 707 g/mol. The van der Waals surface area contributed by atoms with Gasteiger partial charge in [0.05, 0.1) is 25.2 Å². The van der Waals surface area contributed by atoms with E-state index in [4.69, 9.17) is 4.74 Å². The highest BCUT2D eigenvalue weighted by atomic mass is 16.5. The van der Waals surface area contributed by atoms with Crippen molar-refractivity contribution >= 4 is 11.9 Å². The van der Waals surface area contributed by atoms with Crippen LogP contribution in [0.1, 0.15) is 226 Å². The summed E-state index contributed by atoms with van der Waals surface area (Å²) in [5.41, 5.74) is 0. The third-order valence-electron chi connectivity index (χ3n) is 10.7. The van der Waals surface area contributed by atoms with Crippen LogP contribution in [-0.4, -0.2) is 46.9 Å². The fourth-order valence-corrected chi connectivity index (χ4v) is 7.10. The maximum Gasteiger partial charge on any atom is 0.306 e. The molecule has 0 aliphatic carbocycles. The van der Waals surface area contributed by atoms with Crippen LogP contribution < -0.4 is 5.32 Å². The van der Waals surface area contributed by atoms with Gasteiger partial charge < -0.3 is 20.3 Å². The maximum absolute atomic E-state index is 13.1. The molecule has 0 fully saturated rings. The van der Waals surface area contributed by atoms with Crippen molar-refractivity contribution in [3.05, 3.63) is 60.8 Å². The van der Waals surface area contributed by atoms with Gasteiger partial charge >= 0.3 is 5.97 Å². The highest BCUT2D eigenvalue weighted by molar-refractivity contribution is 5.77. The predicted octanol–water partition coefficient (Wildman–Crippen LogP) is 14.1. The first-order valence-corrected chi connectivity index (χ1v) is 24.1. The normalized spacial score (nSPS) is 13.8. The SMILES string of the molecule is CC/C=C/C=C/C=C\C=C/C=C/CCCC(CC(=O)NC(CO)C(O)CCCCCCCCCCCCCCCC)OC(=O)CCCCCCCCCCCCC. The molecule has 0 bridgehead atoms. The van der Waals surface area contributed by atoms with Crippen LogP contribution in [-0.2, 0) is 14.3 Å². The number of carbonyl (C=O) groups excluding carboxylic acids is 2. The van der Waals surface area contributed by atoms with Gasteiger partial charge in [-0.05, 0) is 38.5 Å². The molecule has 0 aromatic rings. The summed E-state index contributed by atoms with van der Waals surface area (Å²) in [6.07, 6.45) is 54.3. The van der Waals surface area contributed by atoms with Crippen LogP contribution in [0.4, 0.5) is 0 Å². The van der Waals surface area contributed by atoms with Crippen LogP contribution in [0.15, 0.2) is 60.8 Å². The van der Waals surface area contributed by atoms with Crippen LogP contribution in [0.2, 0.25) is 0 Å². The van der Waals surface area contributed by atoms with E-state index >= 15 is 0 Å². The Hall–Kier alpha value is -2.44. The van der Waals surface area contributed by atoms with Crippen molar-refractivity contribution in [2.45, 2.75) is 244 Å². The van der Waals surface area contributed by atoms with Gasteiger partial charge in [0.2, 0.25) is 5.91 Å². The predicted molar refractivity (Wildman–Crippen MR) is 245 cm³/mol. The third-order valence-corrected chi connectivity index (χ3v) is 10.7. The lowest BCUT2D eigenvalue weighted by Crippen LogP contribution is -2.46. The molecule has 0 aliphatic heterocycles. The van der Waals surface area contributed by atoms with Gasteiger partial charge in [-0.2, -0.15) is 0 Å². The molecule has 0 rings (SSSR count). The molecule has 6 nitrogen and oxygen atoms in total. The number of allylic oxidation sites excluding steroid dienone is 10. The van der Waals surface area contributed by atoms with E-state index in [1.807, 2.05) is 48.6 Å². The highest BCUT2D eigenvalue weighted by Crippen LogP contribution is 2.17. The number of hydrogen-bond acceptors (Lipinski definition) is 5. The molecular formula is C51H91NO5. The highest BCUT2D eigenvalue weighted by Gasteiger charge is 2.24. The molecule has 0 radical (unpaired) electrons. The van der Waals surface area contributed by atoms with E-state index in [1.165, 1.54) is 122 Å². The second kappa shape index (κ2) is 44.7. The smallest absolute Gasteiger partial charge is 0.306 e. The Morgan fingerprint density at radius 2 is 0.947 bits per heavy atom. The van der Waals surface area contributed by atoms with Gasteiger partial charge in [-0.3, -0.25) is 9.59 Å². The summed E-state index contributed by atoms with van der Waals surface area (Å²) in [6.45, 7) is 6.30. The van der Waals surface area contributed by atoms with Crippen molar-refractivity contribution in [2.24, 2.45) is 0 Å².